The zero-order chi connectivity index (χ0) is 12.7. The molecule has 0 atom stereocenters. The first kappa shape index (κ1) is 12.9. The standard InChI is InChI=1S/C12H12FNO3/c1-2-17-12(16)8-7-11(15)14-10-6-4-3-5-9(10)13/h3-8H,2H2,1H3,(H,14,15)/b8-7+. The van der Waals surface area contributed by atoms with Crippen LogP contribution in [0.1, 0.15) is 6.92 Å². The van der Waals surface area contributed by atoms with Gasteiger partial charge < -0.3 is 10.1 Å². The molecule has 0 aliphatic heterocycles. The van der Waals surface area contributed by atoms with Crippen LogP contribution >= 0.6 is 0 Å². The topological polar surface area (TPSA) is 55.4 Å². The number of benzene rings is 1. The van der Waals surface area contributed by atoms with Crippen molar-refractivity contribution in [2.24, 2.45) is 0 Å². The lowest BCUT2D eigenvalue weighted by Crippen LogP contribution is -2.10. The highest BCUT2D eigenvalue weighted by atomic mass is 19.1. The molecule has 1 aromatic rings. The smallest absolute Gasteiger partial charge is 0.330 e. The first-order valence-corrected chi connectivity index (χ1v) is 5.04. The predicted octanol–water partition coefficient (Wildman–Crippen LogP) is 1.88. The van der Waals surface area contributed by atoms with E-state index in [0.717, 1.165) is 12.2 Å². The van der Waals surface area contributed by atoms with Gasteiger partial charge in [0.25, 0.3) is 0 Å². The summed E-state index contributed by atoms with van der Waals surface area (Å²) in [5, 5.41) is 2.30. The lowest BCUT2D eigenvalue weighted by molar-refractivity contribution is -0.137. The summed E-state index contributed by atoms with van der Waals surface area (Å²) in [7, 11) is 0. The third-order valence-corrected chi connectivity index (χ3v) is 1.79. The van der Waals surface area contributed by atoms with Crippen LogP contribution in [0.3, 0.4) is 0 Å². The number of amides is 1. The van der Waals surface area contributed by atoms with Gasteiger partial charge in [0.1, 0.15) is 5.82 Å². The molecule has 0 fully saturated rings. The fourth-order valence-corrected chi connectivity index (χ4v) is 1.07. The molecule has 1 N–H and O–H groups in total. The Morgan fingerprint density at radius 3 is 2.71 bits per heavy atom. The van der Waals surface area contributed by atoms with E-state index in [1.807, 2.05) is 0 Å². The number of anilines is 1. The normalized spacial score (nSPS) is 10.2. The highest BCUT2D eigenvalue weighted by Crippen LogP contribution is 2.11. The molecular formula is C12H12FNO3. The largest absolute Gasteiger partial charge is 0.463 e. The van der Waals surface area contributed by atoms with E-state index in [1.165, 1.54) is 18.2 Å². The second-order valence-electron chi connectivity index (χ2n) is 3.05. The number of carbonyl (C=O) groups excluding carboxylic acids is 2. The number of nitrogens with one attached hydrogen (secondary N) is 1. The van der Waals surface area contributed by atoms with Gasteiger partial charge in [-0.05, 0) is 19.1 Å². The summed E-state index contributed by atoms with van der Waals surface area (Å²) in [5.74, 6) is -1.75. The molecule has 1 rings (SSSR count). The summed E-state index contributed by atoms with van der Waals surface area (Å²) in [6, 6.07) is 5.75. The van der Waals surface area contributed by atoms with Gasteiger partial charge in [0.15, 0.2) is 0 Å². The van der Waals surface area contributed by atoms with Crippen LogP contribution in [0.4, 0.5) is 10.1 Å². The van der Waals surface area contributed by atoms with E-state index in [1.54, 1.807) is 13.0 Å². The van der Waals surface area contributed by atoms with E-state index < -0.39 is 17.7 Å². The number of para-hydroxylation sites is 1. The predicted molar refractivity (Wildman–Crippen MR) is 60.8 cm³/mol. The summed E-state index contributed by atoms with van der Waals surface area (Å²) in [4.78, 5) is 22.2. The van der Waals surface area contributed by atoms with Gasteiger partial charge in [-0.3, -0.25) is 4.79 Å². The second kappa shape index (κ2) is 6.42. The number of carbonyl (C=O) groups is 2. The van der Waals surface area contributed by atoms with Crippen LogP contribution in [0.15, 0.2) is 36.4 Å². The lowest BCUT2D eigenvalue weighted by atomic mass is 10.3. The second-order valence-corrected chi connectivity index (χ2v) is 3.05. The van der Waals surface area contributed by atoms with E-state index in [9.17, 15) is 14.0 Å². The molecule has 0 bridgehead atoms. The van der Waals surface area contributed by atoms with Crippen molar-refractivity contribution in [1.29, 1.82) is 0 Å². The fraction of sp³-hybridized carbons (Fsp3) is 0.167. The Hall–Kier alpha value is -2.17. The van der Waals surface area contributed by atoms with Crippen LogP contribution in [-0.2, 0) is 14.3 Å². The van der Waals surface area contributed by atoms with Crippen LogP contribution in [-0.4, -0.2) is 18.5 Å². The summed E-state index contributed by atoms with van der Waals surface area (Å²) in [6.45, 7) is 1.89. The summed E-state index contributed by atoms with van der Waals surface area (Å²) in [5.41, 5.74) is 0.0611. The SMILES string of the molecule is CCOC(=O)/C=C/C(=O)Nc1ccccc1F. The Balaban J connectivity index is 2.56. The molecule has 4 nitrogen and oxygen atoms in total. The number of hydrogen-bond acceptors (Lipinski definition) is 3. The molecule has 0 aliphatic carbocycles. The molecule has 0 radical (unpaired) electrons. The van der Waals surface area contributed by atoms with E-state index in [-0.39, 0.29) is 12.3 Å². The lowest BCUT2D eigenvalue weighted by Gasteiger charge is -2.02. The Morgan fingerprint density at radius 1 is 1.35 bits per heavy atom. The number of esters is 1. The van der Waals surface area contributed by atoms with E-state index in [0.29, 0.717) is 0 Å². The Kier molecular flexibility index (Phi) is 4.87. The molecule has 1 aromatic carbocycles. The third-order valence-electron chi connectivity index (χ3n) is 1.79. The monoisotopic (exact) mass is 237 g/mol. The molecule has 5 heteroatoms. The average molecular weight is 237 g/mol. The Morgan fingerprint density at radius 2 is 2.06 bits per heavy atom. The molecule has 1 amide bonds. The molecule has 0 saturated heterocycles. The molecule has 90 valence electrons. The summed E-state index contributed by atoms with van der Waals surface area (Å²) in [6.07, 6.45) is 1.98. The fourth-order valence-electron chi connectivity index (χ4n) is 1.07. The van der Waals surface area contributed by atoms with Gasteiger partial charge in [0.2, 0.25) is 5.91 Å². The average Bonchev–Trinajstić information content (AvgIpc) is 2.30. The maximum absolute atomic E-state index is 13.1. The van der Waals surface area contributed by atoms with Crippen molar-refractivity contribution in [3.8, 4) is 0 Å². The quantitative estimate of drug-likeness (QED) is 0.642. The van der Waals surface area contributed by atoms with Gasteiger partial charge in [-0.2, -0.15) is 0 Å². The molecule has 0 aliphatic rings. The summed E-state index contributed by atoms with van der Waals surface area (Å²) >= 11 is 0. The molecule has 0 aromatic heterocycles. The number of ether oxygens (including phenoxy) is 1. The molecule has 0 unspecified atom stereocenters. The van der Waals surface area contributed by atoms with Gasteiger partial charge in [0, 0.05) is 12.2 Å². The van der Waals surface area contributed by atoms with Gasteiger partial charge in [-0.1, -0.05) is 12.1 Å². The number of rotatable bonds is 4. The maximum Gasteiger partial charge on any atom is 0.330 e. The van der Waals surface area contributed by atoms with Crippen LogP contribution in [0.2, 0.25) is 0 Å². The van der Waals surface area contributed by atoms with Crippen LogP contribution in [0.5, 0.6) is 0 Å². The van der Waals surface area contributed by atoms with Crippen molar-refractivity contribution in [1.82, 2.24) is 0 Å². The van der Waals surface area contributed by atoms with Crippen LogP contribution < -0.4 is 5.32 Å². The van der Waals surface area contributed by atoms with Gasteiger partial charge in [0.05, 0.1) is 12.3 Å². The van der Waals surface area contributed by atoms with Crippen molar-refractivity contribution in [3.63, 3.8) is 0 Å². The molecule has 0 spiro atoms. The van der Waals surface area contributed by atoms with Gasteiger partial charge >= 0.3 is 5.97 Å². The van der Waals surface area contributed by atoms with E-state index in [2.05, 4.69) is 10.1 Å². The zero-order valence-corrected chi connectivity index (χ0v) is 9.27. The van der Waals surface area contributed by atoms with Crippen molar-refractivity contribution in [2.75, 3.05) is 11.9 Å². The first-order chi connectivity index (χ1) is 8.13. The van der Waals surface area contributed by atoms with E-state index in [4.69, 9.17) is 0 Å². The van der Waals surface area contributed by atoms with Crippen molar-refractivity contribution < 1.29 is 18.7 Å². The molecule has 0 saturated carbocycles. The minimum atomic E-state index is -0.615. The molecule has 17 heavy (non-hydrogen) atoms. The minimum Gasteiger partial charge on any atom is -0.463 e. The first-order valence-electron chi connectivity index (χ1n) is 5.04. The van der Waals surface area contributed by atoms with E-state index >= 15 is 0 Å². The molecule has 0 heterocycles. The minimum absolute atomic E-state index is 0.0611. The van der Waals surface area contributed by atoms with Crippen molar-refractivity contribution in [3.05, 3.63) is 42.2 Å². The van der Waals surface area contributed by atoms with Crippen LogP contribution in [0.25, 0.3) is 0 Å². The zero-order valence-electron chi connectivity index (χ0n) is 9.27. The summed E-state index contributed by atoms with van der Waals surface area (Å²) < 4.78 is 17.7. The third kappa shape index (κ3) is 4.46. The Bertz CT molecular complexity index is 443. The highest BCUT2D eigenvalue weighted by Gasteiger charge is 2.03. The highest BCUT2D eigenvalue weighted by molar-refractivity contribution is 6.02. The number of hydrogen-bond donors (Lipinski definition) is 1. The maximum atomic E-state index is 13.1. The number of halogens is 1. The van der Waals surface area contributed by atoms with Crippen LogP contribution in [0, 0.1) is 5.82 Å². The van der Waals surface area contributed by atoms with Crippen molar-refractivity contribution >= 4 is 17.6 Å². The van der Waals surface area contributed by atoms with Gasteiger partial charge in [-0.25, -0.2) is 9.18 Å². The Labute approximate surface area is 98.1 Å². The van der Waals surface area contributed by atoms with Crippen molar-refractivity contribution in [2.45, 2.75) is 6.92 Å². The van der Waals surface area contributed by atoms with Gasteiger partial charge in [-0.15, -0.1) is 0 Å². The molecular weight excluding hydrogens is 225 g/mol.